The minimum Gasteiger partial charge on any atom is -0.444 e. The van der Waals surface area contributed by atoms with E-state index < -0.39 is 17.0 Å². The molecule has 0 saturated carbocycles. The van der Waals surface area contributed by atoms with E-state index in [1.807, 2.05) is 34.6 Å². The van der Waals surface area contributed by atoms with Gasteiger partial charge in [-0.15, -0.1) is 0 Å². The monoisotopic (exact) mass is 506 g/mol. The van der Waals surface area contributed by atoms with E-state index in [9.17, 15) is 14.0 Å². The number of ether oxygens (including phenoxy) is 1. The zero-order valence-electron chi connectivity index (χ0n) is 21.9. The van der Waals surface area contributed by atoms with Crippen LogP contribution in [0.25, 0.3) is 27.9 Å². The molecule has 0 bridgehead atoms. The molecule has 0 aliphatic carbocycles. The largest absolute Gasteiger partial charge is 0.444 e. The van der Waals surface area contributed by atoms with Crippen molar-refractivity contribution in [1.82, 2.24) is 28.8 Å². The maximum Gasteiger partial charge on any atom is 0.410 e. The lowest BCUT2D eigenvalue weighted by molar-refractivity contribution is -0.0136. The maximum atomic E-state index is 14.6. The molecule has 1 saturated heterocycles. The molecule has 1 fully saturated rings. The molecule has 9 nitrogen and oxygen atoms in total. The van der Waals surface area contributed by atoms with Gasteiger partial charge in [0.05, 0.1) is 16.6 Å². The van der Waals surface area contributed by atoms with Crippen molar-refractivity contribution in [2.75, 3.05) is 6.54 Å². The second-order valence-electron chi connectivity index (χ2n) is 11.3. The zero-order chi connectivity index (χ0) is 26.7. The molecule has 5 rings (SSSR count). The van der Waals surface area contributed by atoms with Crippen molar-refractivity contribution in [3.8, 4) is 11.4 Å². The Morgan fingerprint density at radius 3 is 2.68 bits per heavy atom. The van der Waals surface area contributed by atoms with Gasteiger partial charge in [0.1, 0.15) is 5.60 Å². The van der Waals surface area contributed by atoms with Gasteiger partial charge >= 0.3 is 6.09 Å². The number of piperidine rings is 1. The fraction of sp³-hybridized carbons (Fsp3) is 0.444. The highest BCUT2D eigenvalue weighted by molar-refractivity contribution is 5.78. The van der Waals surface area contributed by atoms with Gasteiger partial charge in [-0.1, -0.05) is 0 Å². The number of halogens is 1. The van der Waals surface area contributed by atoms with Gasteiger partial charge in [-0.25, -0.2) is 24.1 Å². The van der Waals surface area contributed by atoms with Crippen LogP contribution in [0.2, 0.25) is 0 Å². The van der Waals surface area contributed by atoms with Crippen molar-refractivity contribution < 1.29 is 13.9 Å². The SMILES string of the molecule is Cc1cn2cc(-c3ncc4c(=O)n(C5CCN(C(=O)OC(C)(C)C)C(C)(C)C5)ccc4n3)cc(F)c2n1. The number of rotatable bonds is 2. The summed E-state index contributed by atoms with van der Waals surface area (Å²) in [6.45, 7) is 11.8. The Hall–Kier alpha value is -3.82. The van der Waals surface area contributed by atoms with Crippen molar-refractivity contribution in [2.24, 2.45) is 0 Å². The topological polar surface area (TPSA) is 94.6 Å². The molecule has 194 valence electrons. The van der Waals surface area contributed by atoms with Crippen LogP contribution in [0.5, 0.6) is 0 Å². The molecule has 0 aromatic carbocycles. The van der Waals surface area contributed by atoms with Crippen molar-refractivity contribution in [2.45, 2.75) is 71.6 Å². The molecule has 1 unspecified atom stereocenters. The summed E-state index contributed by atoms with van der Waals surface area (Å²) in [5.74, 6) is -0.145. The standard InChI is InChI=1S/C27H31FN6O3/c1-16-14-32-15-17(11-20(28)23(32)30-16)22-29-13-19-21(31-22)8-9-33(24(19)35)18-7-10-34(27(5,6)12-18)25(36)37-26(2,3)4/h8-9,11,13-15,18H,7,10,12H2,1-6H3. The Morgan fingerprint density at radius 2 is 1.97 bits per heavy atom. The first-order valence-electron chi connectivity index (χ1n) is 12.4. The Labute approximate surface area is 213 Å². The fourth-order valence-corrected chi connectivity index (χ4v) is 5.04. The Bertz CT molecular complexity index is 1580. The van der Waals surface area contributed by atoms with Crippen LogP contribution in [-0.4, -0.2) is 52.6 Å². The predicted molar refractivity (Wildman–Crippen MR) is 138 cm³/mol. The number of nitrogens with zero attached hydrogens (tertiary/aromatic N) is 6. The van der Waals surface area contributed by atoms with Gasteiger partial charge < -0.3 is 18.6 Å². The number of amides is 1. The van der Waals surface area contributed by atoms with Gasteiger partial charge in [0.25, 0.3) is 5.56 Å². The predicted octanol–water partition coefficient (Wildman–Crippen LogP) is 4.90. The van der Waals surface area contributed by atoms with Gasteiger partial charge in [0.2, 0.25) is 0 Å². The third-order valence-electron chi connectivity index (χ3n) is 6.72. The average molecular weight is 507 g/mol. The fourth-order valence-electron chi connectivity index (χ4n) is 5.04. The van der Waals surface area contributed by atoms with E-state index in [0.29, 0.717) is 47.4 Å². The number of hydrogen-bond donors (Lipinski definition) is 0. The van der Waals surface area contributed by atoms with Crippen LogP contribution < -0.4 is 5.56 Å². The molecule has 0 spiro atoms. The molecule has 10 heteroatoms. The molecule has 4 aromatic rings. The summed E-state index contributed by atoms with van der Waals surface area (Å²) in [4.78, 5) is 41.0. The van der Waals surface area contributed by atoms with E-state index >= 15 is 0 Å². The van der Waals surface area contributed by atoms with Crippen molar-refractivity contribution >= 4 is 22.6 Å². The van der Waals surface area contributed by atoms with E-state index in [1.165, 1.54) is 12.3 Å². The van der Waals surface area contributed by atoms with Crippen LogP contribution in [0, 0.1) is 12.7 Å². The van der Waals surface area contributed by atoms with Gasteiger partial charge in [0, 0.05) is 48.5 Å². The summed E-state index contributed by atoms with van der Waals surface area (Å²) in [6.07, 6.45) is 7.57. The molecule has 1 atom stereocenters. The molecule has 5 heterocycles. The number of pyridine rings is 2. The summed E-state index contributed by atoms with van der Waals surface area (Å²) < 4.78 is 23.5. The highest BCUT2D eigenvalue weighted by Crippen LogP contribution is 2.35. The number of imidazole rings is 1. The third-order valence-corrected chi connectivity index (χ3v) is 6.72. The minimum atomic E-state index is -0.576. The first-order valence-corrected chi connectivity index (χ1v) is 12.4. The van der Waals surface area contributed by atoms with Gasteiger partial charge in [0.15, 0.2) is 17.3 Å². The second kappa shape index (κ2) is 8.64. The summed E-state index contributed by atoms with van der Waals surface area (Å²) in [5.41, 5.74) is 0.662. The number of likely N-dealkylation sites (tertiary alicyclic amines) is 1. The molecule has 1 amide bonds. The van der Waals surface area contributed by atoms with Gasteiger partial charge in [-0.3, -0.25) is 4.79 Å². The molecule has 4 aromatic heterocycles. The van der Waals surface area contributed by atoms with Crippen LogP contribution in [0.1, 0.15) is 59.2 Å². The molecular formula is C27H31FN6O3. The minimum absolute atomic E-state index is 0.0914. The molecule has 1 aliphatic heterocycles. The Morgan fingerprint density at radius 1 is 1.22 bits per heavy atom. The quantitative estimate of drug-likeness (QED) is 0.384. The maximum absolute atomic E-state index is 14.6. The Balaban J connectivity index is 1.43. The number of fused-ring (bicyclic) bond motifs is 2. The van der Waals surface area contributed by atoms with Crippen LogP contribution in [0.4, 0.5) is 9.18 Å². The summed E-state index contributed by atoms with van der Waals surface area (Å²) in [5, 5.41) is 0.388. The first-order chi connectivity index (χ1) is 17.3. The van der Waals surface area contributed by atoms with Crippen molar-refractivity contribution in [3.05, 3.63) is 58.8 Å². The van der Waals surface area contributed by atoms with Crippen molar-refractivity contribution in [3.63, 3.8) is 0 Å². The second-order valence-corrected chi connectivity index (χ2v) is 11.3. The molecular weight excluding hydrogens is 475 g/mol. The zero-order valence-corrected chi connectivity index (χ0v) is 21.9. The number of aromatic nitrogens is 5. The summed E-state index contributed by atoms with van der Waals surface area (Å²) >= 11 is 0. The normalized spacial score (nSPS) is 17.9. The molecule has 0 N–H and O–H groups in total. The number of aryl methyl sites for hydroxylation is 1. The third kappa shape index (κ3) is 4.68. The average Bonchev–Trinajstić information content (AvgIpc) is 3.18. The van der Waals surface area contributed by atoms with Crippen LogP contribution >= 0.6 is 0 Å². The summed E-state index contributed by atoms with van der Waals surface area (Å²) in [6, 6.07) is 3.04. The molecule has 37 heavy (non-hydrogen) atoms. The number of hydrogen-bond acceptors (Lipinski definition) is 6. The van der Waals surface area contributed by atoms with Crippen LogP contribution in [-0.2, 0) is 4.74 Å². The smallest absolute Gasteiger partial charge is 0.410 e. The van der Waals surface area contributed by atoms with E-state index in [2.05, 4.69) is 15.0 Å². The Kier molecular flexibility index (Phi) is 5.80. The summed E-state index contributed by atoms with van der Waals surface area (Å²) in [7, 11) is 0. The van der Waals surface area contributed by atoms with E-state index in [0.717, 1.165) is 0 Å². The van der Waals surface area contributed by atoms with Gasteiger partial charge in [-0.05, 0) is 66.5 Å². The molecule has 1 aliphatic rings. The highest BCUT2D eigenvalue weighted by Gasteiger charge is 2.40. The van der Waals surface area contributed by atoms with E-state index in [1.54, 1.807) is 45.4 Å². The lowest BCUT2D eigenvalue weighted by Gasteiger charge is -2.45. The number of carbonyl (C=O) groups excluding carboxylic acids is 1. The van der Waals surface area contributed by atoms with E-state index in [4.69, 9.17) is 4.74 Å². The van der Waals surface area contributed by atoms with Crippen molar-refractivity contribution in [1.29, 1.82) is 0 Å². The lowest BCUT2D eigenvalue weighted by atomic mass is 9.87. The van der Waals surface area contributed by atoms with Crippen LogP contribution in [0.3, 0.4) is 0 Å². The number of carbonyl (C=O) groups is 1. The highest BCUT2D eigenvalue weighted by atomic mass is 19.1. The van der Waals surface area contributed by atoms with Crippen LogP contribution in [0.15, 0.2) is 41.7 Å². The lowest BCUT2D eigenvalue weighted by Crippen LogP contribution is -2.54. The van der Waals surface area contributed by atoms with Gasteiger partial charge in [-0.2, -0.15) is 0 Å². The first kappa shape index (κ1) is 24.9. The molecule has 0 radical (unpaired) electrons. The van der Waals surface area contributed by atoms with E-state index in [-0.39, 0.29) is 23.3 Å².